The molecule has 0 amide bonds. The fourth-order valence-electron chi connectivity index (χ4n) is 1.58. The molecule has 4 nitrogen and oxygen atoms in total. The van der Waals surface area contributed by atoms with Gasteiger partial charge in [-0.05, 0) is 18.4 Å². The summed E-state index contributed by atoms with van der Waals surface area (Å²) in [7, 11) is -2.90. The Morgan fingerprint density at radius 3 is 2.50 bits per heavy atom. The summed E-state index contributed by atoms with van der Waals surface area (Å²) >= 11 is 0. The second kappa shape index (κ2) is 3.72. The van der Waals surface area contributed by atoms with E-state index in [9.17, 15) is 8.42 Å². The van der Waals surface area contributed by atoms with Crippen LogP contribution >= 0.6 is 0 Å². The van der Waals surface area contributed by atoms with Crippen LogP contribution in [0.4, 0.5) is 0 Å². The molecular formula is C7H15NO3S. The van der Waals surface area contributed by atoms with Crippen molar-refractivity contribution in [3.8, 4) is 0 Å². The zero-order valence-electron chi connectivity index (χ0n) is 7.16. The van der Waals surface area contributed by atoms with Crippen molar-refractivity contribution in [2.45, 2.75) is 0 Å². The highest BCUT2D eigenvalue weighted by Gasteiger charge is 2.28. The Morgan fingerprint density at radius 1 is 1.42 bits per heavy atom. The number of aliphatic hydroxyl groups is 1. The number of sulfone groups is 1. The van der Waals surface area contributed by atoms with Crippen LogP contribution in [0.25, 0.3) is 0 Å². The predicted octanol–water partition coefficient (Wildman–Crippen LogP) is -1.14. The first-order valence-corrected chi connectivity index (χ1v) is 6.08. The van der Waals surface area contributed by atoms with Gasteiger partial charge < -0.3 is 10.4 Å². The van der Waals surface area contributed by atoms with Gasteiger partial charge >= 0.3 is 0 Å². The summed E-state index contributed by atoms with van der Waals surface area (Å²) in [5.74, 6) is 0.385. The quantitative estimate of drug-likeness (QED) is 0.594. The van der Waals surface area contributed by atoms with Crippen molar-refractivity contribution in [1.29, 1.82) is 0 Å². The maximum atomic E-state index is 10.9. The lowest BCUT2D eigenvalue weighted by Crippen LogP contribution is -2.24. The first-order chi connectivity index (χ1) is 5.53. The summed E-state index contributed by atoms with van der Waals surface area (Å²) in [5, 5.41) is 12.0. The average Bonchev–Trinajstić information content (AvgIpc) is 2.31. The third-order valence-electron chi connectivity index (χ3n) is 2.23. The van der Waals surface area contributed by atoms with Crippen LogP contribution in [0.15, 0.2) is 0 Å². The lowest BCUT2D eigenvalue weighted by Gasteiger charge is -2.14. The van der Waals surface area contributed by atoms with E-state index in [4.69, 9.17) is 5.11 Å². The third kappa shape index (κ3) is 2.73. The SMILES string of the molecule is CS(=O)(=O)C[C@@H]1CNC[C@H]1CO. The van der Waals surface area contributed by atoms with Gasteiger partial charge in [-0.25, -0.2) is 8.42 Å². The Morgan fingerprint density at radius 2 is 2.00 bits per heavy atom. The Kier molecular flexibility index (Phi) is 3.09. The molecule has 1 aliphatic heterocycles. The first kappa shape index (κ1) is 9.95. The minimum atomic E-state index is -2.90. The fraction of sp³-hybridized carbons (Fsp3) is 1.00. The van der Waals surface area contributed by atoms with Gasteiger partial charge in [-0.1, -0.05) is 0 Å². The molecule has 1 rings (SSSR count). The van der Waals surface area contributed by atoms with Crippen molar-refractivity contribution in [2.24, 2.45) is 11.8 Å². The number of hydrogen-bond acceptors (Lipinski definition) is 4. The van der Waals surface area contributed by atoms with E-state index in [1.807, 2.05) is 0 Å². The van der Waals surface area contributed by atoms with Gasteiger partial charge in [0.2, 0.25) is 0 Å². The standard InChI is InChI=1S/C7H15NO3S/c1-12(10,11)5-7-3-8-2-6(7)4-9/h6-9H,2-5H2,1H3/t6-,7-/m0/s1. The molecule has 0 aromatic rings. The molecule has 0 saturated carbocycles. The van der Waals surface area contributed by atoms with Crippen molar-refractivity contribution in [3.05, 3.63) is 0 Å². The summed E-state index contributed by atoms with van der Waals surface area (Å²) in [5.41, 5.74) is 0. The molecule has 1 fully saturated rings. The van der Waals surface area contributed by atoms with Crippen LogP contribution < -0.4 is 5.32 Å². The van der Waals surface area contributed by atoms with Crippen LogP contribution in [-0.4, -0.2) is 45.2 Å². The Balaban J connectivity index is 2.52. The van der Waals surface area contributed by atoms with E-state index in [1.54, 1.807) is 0 Å². The van der Waals surface area contributed by atoms with Gasteiger partial charge in [-0.3, -0.25) is 0 Å². The van der Waals surface area contributed by atoms with Gasteiger partial charge in [0.1, 0.15) is 9.84 Å². The van der Waals surface area contributed by atoms with Crippen LogP contribution in [-0.2, 0) is 9.84 Å². The van der Waals surface area contributed by atoms with E-state index in [0.29, 0.717) is 6.54 Å². The van der Waals surface area contributed by atoms with Gasteiger partial charge in [-0.15, -0.1) is 0 Å². The molecule has 0 unspecified atom stereocenters. The van der Waals surface area contributed by atoms with Gasteiger partial charge in [-0.2, -0.15) is 0 Å². The van der Waals surface area contributed by atoms with Crippen LogP contribution in [0, 0.1) is 11.8 Å². The Bertz CT molecular complexity index is 237. The van der Waals surface area contributed by atoms with Gasteiger partial charge in [0.15, 0.2) is 0 Å². The molecule has 0 aromatic heterocycles. The molecule has 1 aliphatic rings. The highest BCUT2D eigenvalue weighted by atomic mass is 32.2. The van der Waals surface area contributed by atoms with E-state index >= 15 is 0 Å². The van der Waals surface area contributed by atoms with Crippen molar-refractivity contribution in [2.75, 3.05) is 31.7 Å². The minimum Gasteiger partial charge on any atom is -0.396 e. The topological polar surface area (TPSA) is 66.4 Å². The summed E-state index contributed by atoms with van der Waals surface area (Å²) < 4.78 is 21.9. The van der Waals surface area contributed by atoms with Crippen LogP contribution in [0.5, 0.6) is 0 Å². The molecule has 12 heavy (non-hydrogen) atoms. The Labute approximate surface area is 72.9 Å². The highest BCUT2D eigenvalue weighted by Crippen LogP contribution is 2.17. The van der Waals surface area contributed by atoms with E-state index < -0.39 is 9.84 Å². The van der Waals surface area contributed by atoms with Crippen LogP contribution in [0.1, 0.15) is 0 Å². The minimum absolute atomic E-state index is 0.0766. The summed E-state index contributed by atoms with van der Waals surface area (Å²) in [4.78, 5) is 0. The second-order valence-electron chi connectivity index (χ2n) is 3.45. The smallest absolute Gasteiger partial charge is 0.147 e. The largest absolute Gasteiger partial charge is 0.396 e. The molecule has 0 aromatic carbocycles. The molecule has 5 heteroatoms. The van der Waals surface area contributed by atoms with Crippen molar-refractivity contribution in [1.82, 2.24) is 5.32 Å². The molecule has 1 saturated heterocycles. The lowest BCUT2D eigenvalue weighted by atomic mass is 9.99. The Hall–Kier alpha value is -0.130. The second-order valence-corrected chi connectivity index (χ2v) is 5.64. The van der Waals surface area contributed by atoms with Crippen LogP contribution in [0.2, 0.25) is 0 Å². The van der Waals surface area contributed by atoms with Crippen molar-refractivity contribution in [3.63, 3.8) is 0 Å². The zero-order chi connectivity index (χ0) is 9.19. The van der Waals surface area contributed by atoms with Gasteiger partial charge in [0.05, 0.1) is 5.75 Å². The van der Waals surface area contributed by atoms with Crippen LogP contribution in [0.3, 0.4) is 0 Å². The fourth-order valence-corrected chi connectivity index (χ4v) is 2.75. The number of rotatable bonds is 3. The first-order valence-electron chi connectivity index (χ1n) is 4.02. The zero-order valence-corrected chi connectivity index (χ0v) is 7.97. The molecule has 0 spiro atoms. The van der Waals surface area contributed by atoms with E-state index in [2.05, 4.69) is 5.32 Å². The molecule has 2 atom stereocenters. The summed E-state index contributed by atoms with van der Waals surface area (Å²) in [6.45, 7) is 1.52. The molecule has 0 bridgehead atoms. The molecule has 72 valence electrons. The summed E-state index contributed by atoms with van der Waals surface area (Å²) in [6, 6.07) is 0. The number of aliphatic hydroxyl groups excluding tert-OH is 1. The van der Waals surface area contributed by atoms with Gasteiger partial charge in [0, 0.05) is 19.4 Å². The van der Waals surface area contributed by atoms with Crippen molar-refractivity contribution < 1.29 is 13.5 Å². The normalized spacial score (nSPS) is 30.8. The lowest BCUT2D eigenvalue weighted by molar-refractivity contribution is 0.212. The molecule has 0 radical (unpaired) electrons. The van der Waals surface area contributed by atoms with E-state index in [-0.39, 0.29) is 24.2 Å². The maximum Gasteiger partial charge on any atom is 0.147 e. The van der Waals surface area contributed by atoms with E-state index in [1.165, 1.54) is 6.26 Å². The molecule has 2 N–H and O–H groups in total. The third-order valence-corrected chi connectivity index (χ3v) is 3.26. The monoisotopic (exact) mass is 193 g/mol. The van der Waals surface area contributed by atoms with Crippen molar-refractivity contribution >= 4 is 9.84 Å². The number of hydrogen-bond donors (Lipinski definition) is 2. The van der Waals surface area contributed by atoms with E-state index in [0.717, 1.165) is 6.54 Å². The molecular weight excluding hydrogens is 178 g/mol. The molecule has 1 heterocycles. The molecule has 0 aliphatic carbocycles. The highest BCUT2D eigenvalue weighted by molar-refractivity contribution is 7.90. The predicted molar refractivity (Wildman–Crippen MR) is 46.6 cm³/mol. The maximum absolute atomic E-state index is 10.9. The average molecular weight is 193 g/mol. The van der Waals surface area contributed by atoms with Gasteiger partial charge in [0.25, 0.3) is 0 Å². The number of nitrogens with one attached hydrogen (secondary N) is 1. The summed E-state index contributed by atoms with van der Waals surface area (Å²) in [6.07, 6.45) is 1.24.